The van der Waals surface area contributed by atoms with Crippen LogP contribution in [0.3, 0.4) is 0 Å². The van der Waals surface area contributed by atoms with Crippen LogP contribution in [0.5, 0.6) is 5.75 Å². The van der Waals surface area contributed by atoms with E-state index in [1.54, 1.807) is 12.1 Å². The Labute approximate surface area is 113 Å². The molecule has 0 radical (unpaired) electrons. The van der Waals surface area contributed by atoms with Gasteiger partial charge in [-0.3, -0.25) is 0 Å². The number of carbonyl (C=O) groups is 1. The minimum atomic E-state index is -0.154. The number of rotatable bonds is 7. The van der Waals surface area contributed by atoms with Crippen molar-refractivity contribution in [1.82, 2.24) is 10.6 Å². The van der Waals surface area contributed by atoms with Gasteiger partial charge in [0, 0.05) is 11.6 Å². The highest BCUT2D eigenvalue weighted by atomic mass is 35.5. The third-order valence-corrected chi connectivity index (χ3v) is 2.50. The number of hydrogen-bond donors (Lipinski definition) is 2. The van der Waals surface area contributed by atoms with Gasteiger partial charge in [0.25, 0.3) is 0 Å². The summed E-state index contributed by atoms with van der Waals surface area (Å²) in [6.07, 6.45) is 2.06. The van der Waals surface area contributed by atoms with E-state index in [0.29, 0.717) is 30.5 Å². The first kappa shape index (κ1) is 14.6. The van der Waals surface area contributed by atoms with Gasteiger partial charge in [0.15, 0.2) is 0 Å². The largest absolute Gasteiger partial charge is 0.492 e. The summed E-state index contributed by atoms with van der Waals surface area (Å²) in [5.74, 6) is 0.704. The SMILES string of the molecule is CCCCNC(=O)NCCOc1cccc(Cl)c1. The first-order valence-electron chi connectivity index (χ1n) is 6.12. The minimum absolute atomic E-state index is 0.154. The second-order valence-corrected chi connectivity index (χ2v) is 4.28. The Balaban J connectivity index is 2.09. The van der Waals surface area contributed by atoms with Gasteiger partial charge in [-0.1, -0.05) is 31.0 Å². The summed E-state index contributed by atoms with van der Waals surface area (Å²) < 4.78 is 5.44. The van der Waals surface area contributed by atoms with E-state index in [2.05, 4.69) is 17.6 Å². The van der Waals surface area contributed by atoms with Crippen LogP contribution in [0, 0.1) is 0 Å². The van der Waals surface area contributed by atoms with Crippen LogP contribution in [0.4, 0.5) is 4.79 Å². The van der Waals surface area contributed by atoms with E-state index in [1.165, 1.54) is 0 Å². The number of benzene rings is 1. The summed E-state index contributed by atoms with van der Waals surface area (Å²) in [4.78, 5) is 11.3. The van der Waals surface area contributed by atoms with Crippen molar-refractivity contribution in [3.8, 4) is 5.75 Å². The fourth-order valence-electron chi connectivity index (χ4n) is 1.33. The molecule has 0 bridgehead atoms. The highest BCUT2D eigenvalue weighted by Crippen LogP contribution is 2.16. The van der Waals surface area contributed by atoms with Crippen molar-refractivity contribution in [2.45, 2.75) is 19.8 Å². The molecule has 0 spiro atoms. The van der Waals surface area contributed by atoms with Crippen molar-refractivity contribution in [3.05, 3.63) is 29.3 Å². The van der Waals surface area contributed by atoms with Crippen LogP contribution < -0.4 is 15.4 Å². The molecule has 0 aliphatic carbocycles. The van der Waals surface area contributed by atoms with E-state index in [1.807, 2.05) is 12.1 Å². The van der Waals surface area contributed by atoms with E-state index in [9.17, 15) is 4.79 Å². The fourth-order valence-corrected chi connectivity index (χ4v) is 1.51. The van der Waals surface area contributed by atoms with E-state index < -0.39 is 0 Å². The van der Waals surface area contributed by atoms with Gasteiger partial charge < -0.3 is 15.4 Å². The topological polar surface area (TPSA) is 50.4 Å². The lowest BCUT2D eigenvalue weighted by Crippen LogP contribution is -2.38. The standard InChI is InChI=1S/C13H19ClN2O2/c1-2-3-7-15-13(17)16-8-9-18-12-6-4-5-11(14)10-12/h4-6,10H,2-3,7-9H2,1H3,(H2,15,16,17). The first-order chi connectivity index (χ1) is 8.72. The van der Waals surface area contributed by atoms with Crippen molar-refractivity contribution in [1.29, 1.82) is 0 Å². The van der Waals surface area contributed by atoms with Crippen molar-refractivity contribution in [3.63, 3.8) is 0 Å². The maximum Gasteiger partial charge on any atom is 0.314 e. The predicted molar refractivity (Wildman–Crippen MR) is 73.3 cm³/mol. The number of urea groups is 1. The van der Waals surface area contributed by atoms with Gasteiger partial charge >= 0.3 is 6.03 Å². The Morgan fingerprint density at radius 2 is 2.11 bits per heavy atom. The number of halogens is 1. The molecule has 0 unspecified atom stereocenters. The second-order valence-electron chi connectivity index (χ2n) is 3.84. The summed E-state index contributed by atoms with van der Waals surface area (Å²) in [7, 11) is 0. The molecule has 2 amide bonds. The number of hydrogen-bond acceptors (Lipinski definition) is 2. The molecule has 1 rings (SSSR count). The summed E-state index contributed by atoms with van der Waals surface area (Å²) >= 11 is 5.82. The van der Waals surface area contributed by atoms with E-state index in [-0.39, 0.29) is 6.03 Å². The maximum atomic E-state index is 11.3. The number of nitrogens with one attached hydrogen (secondary N) is 2. The highest BCUT2D eigenvalue weighted by Gasteiger charge is 1.99. The monoisotopic (exact) mass is 270 g/mol. The second kappa shape index (κ2) is 8.64. The molecule has 1 aromatic rings. The van der Waals surface area contributed by atoms with Crippen LogP contribution in [0.2, 0.25) is 5.02 Å². The van der Waals surface area contributed by atoms with Gasteiger partial charge in [-0.25, -0.2) is 4.79 Å². The van der Waals surface area contributed by atoms with Gasteiger partial charge in [0.1, 0.15) is 12.4 Å². The predicted octanol–water partition coefficient (Wildman–Crippen LogP) is 2.82. The van der Waals surface area contributed by atoms with E-state index in [0.717, 1.165) is 12.8 Å². The molecule has 0 aliphatic heterocycles. The molecule has 0 atom stereocenters. The van der Waals surface area contributed by atoms with Gasteiger partial charge in [-0.15, -0.1) is 0 Å². The molecule has 0 heterocycles. The number of carbonyl (C=O) groups excluding carboxylic acids is 1. The number of ether oxygens (including phenoxy) is 1. The quantitative estimate of drug-likeness (QED) is 0.749. The molecule has 18 heavy (non-hydrogen) atoms. The zero-order valence-corrected chi connectivity index (χ0v) is 11.3. The molecule has 2 N–H and O–H groups in total. The third-order valence-electron chi connectivity index (χ3n) is 2.27. The average molecular weight is 271 g/mol. The van der Waals surface area contributed by atoms with Gasteiger partial charge in [0.2, 0.25) is 0 Å². The van der Waals surface area contributed by atoms with Crippen LogP contribution in [0.25, 0.3) is 0 Å². The zero-order chi connectivity index (χ0) is 13.2. The Morgan fingerprint density at radius 1 is 1.33 bits per heavy atom. The van der Waals surface area contributed by atoms with Crippen LogP contribution in [-0.2, 0) is 0 Å². The Kier molecular flexibility index (Phi) is 7.03. The van der Waals surface area contributed by atoms with Crippen molar-refractivity contribution in [2.75, 3.05) is 19.7 Å². The molecule has 4 nitrogen and oxygen atoms in total. The minimum Gasteiger partial charge on any atom is -0.492 e. The van der Waals surface area contributed by atoms with Gasteiger partial charge in [-0.05, 0) is 24.6 Å². The normalized spacial score (nSPS) is 9.89. The van der Waals surface area contributed by atoms with Crippen LogP contribution in [0.1, 0.15) is 19.8 Å². The molecule has 0 saturated carbocycles. The Bertz CT molecular complexity index is 372. The first-order valence-corrected chi connectivity index (χ1v) is 6.50. The van der Waals surface area contributed by atoms with Gasteiger partial charge in [0.05, 0.1) is 6.54 Å². The molecule has 0 saturated heterocycles. The smallest absolute Gasteiger partial charge is 0.314 e. The molecule has 1 aromatic carbocycles. The lowest BCUT2D eigenvalue weighted by atomic mass is 10.3. The Morgan fingerprint density at radius 3 is 2.83 bits per heavy atom. The van der Waals surface area contributed by atoms with Gasteiger partial charge in [-0.2, -0.15) is 0 Å². The molecule has 0 aliphatic rings. The van der Waals surface area contributed by atoms with Crippen LogP contribution in [-0.4, -0.2) is 25.7 Å². The van der Waals surface area contributed by atoms with Crippen molar-refractivity contribution in [2.24, 2.45) is 0 Å². The number of unbranched alkanes of at least 4 members (excludes halogenated alkanes) is 1. The zero-order valence-electron chi connectivity index (χ0n) is 10.5. The lowest BCUT2D eigenvalue weighted by Gasteiger charge is -2.08. The summed E-state index contributed by atoms with van der Waals surface area (Å²) in [5, 5.41) is 6.12. The van der Waals surface area contributed by atoms with Crippen LogP contribution >= 0.6 is 11.6 Å². The molecular weight excluding hydrogens is 252 g/mol. The molecule has 0 aromatic heterocycles. The summed E-state index contributed by atoms with van der Waals surface area (Å²) in [6.45, 7) is 3.67. The fraction of sp³-hybridized carbons (Fsp3) is 0.462. The molecular formula is C13H19ClN2O2. The number of amides is 2. The van der Waals surface area contributed by atoms with Crippen LogP contribution in [0.15, 0.2) is 24.3 Å². The molecule has 100 valence electrons. The van der Waals surface area contributed by atoms with E-state index in [4.69, 9.17) is 16.3 Å². The average Bonchev–Trinajstić information content (AvgIpc) is 2.35. The van der Waals surface area contributed by atoms with Crippen molar-refractivity contribution < 1.29 is 9.53 Å². The lowest BCUT2D eigenvalue weighted by molar-refractivity contribution is 0.236. The summed E-state index contributed by atoms with van der Waals surface area (Å²) in [6, 6.07) is 7.02. The highest BCUT2D eigenvalue weighted by molar-refractivity contribution is 6.30. The molecule has 0 fully saturated rings. The summed E-state index contributed by atoms with van der Waals surface area (Å²) in [5.41, 5.74) is 0. The molecule has 5 heteroatoms. The third kappa shape index (κ3) is 6.35. The van der Waals surface area contributed by atoms with E-state index >= 15 is 0 Å². The Hall–Kier alpha value is -1.42. The van der Waals surface area contributed by atoms with Crippen molar-refractivity contribution >= 4 is 17.6 Å². The maximum absolute atomic E-state index is 11.3.